The summed E-state index contributed by atoms with van der Waals surface area (Å²) in [6.45, 7) is 2.73. The third-order valence-electron chi connectivity index (χ3n) is 5.31. The number of nitrogens with zero attached hydrogens (tertiary/aromatic N) is 2. The van der Waals surface area contributed by atoms with Gasteiger partial charge in [0.25, 0.3) is 17.7 Å². The highest BCUT2D eigenvalue weighted by Gasteiger charge is 2.34. The Labute approximate surface area is 175 Å². The van der Waals surface area contributed by atoms with Gasteiger partial charge >= 0.3 is 0 Å². The standard InChI is InChI=1S/C25H22N2O3/c1-17-7-9-18(10-8-17)15-26(2)23(28)20-13-11-19(12-14-20)16-27-24(29)21-5-3-4-6-22(21)25(27)30/h3-14H,15-16H2,1-2H3. The number of benzene rings is 3. The number of rotatable bonds is 5. The van der Waals surface area contributed by atoms with Crippen LogP contribution >= 0.6 is 0 Å². The summed E-state index contributed by atoms with van der Waals surface area (Å²) in [5.41, 5.74) is 4.48. The molecule has 0 radical (unpaired) electrons. The van der Waals surface area contributed by atoms with Gasteiger partial charge in [0, 0.05) is 19.2 Å². The molecule has 1 aliphatic rings. The van der Waals surface area contributed by atoms with Gasteiger partial charge in [-0.05, 0) is 42.3 Å². The van der Waals surface area contributed by atoms with Crippen LogP contribution in [0.4, 0.5) is 0 Å². The number of carbonyl (C=O) groups is 3. The smallest absolute Gasteiger partial charge is 0.261 e. The Bertz CT molecular complexity index is 1080. The fourth-order valence-corrected chi connectivity index (χ4v) is 3.58. The minimum atomic E-state index is -0.284. The van der Waals surface area contributed by atoms with E-state index in [0.717, 1.165) is 11.1 Å². The van der Waals surface area contributed by atoms with Crippen molar-refractivity contribution >= 4 is 17.7 Å². The lowest BCUT2D eigenvalue weighted by Crippen LogP contribution is -2.29. The Morgan fingerprint density at radius 3 is 1.90 bits per heavy atom. The lowest BCUT2D eigenvalue weighted by Gasteiger charge is -2.18. The molecule has 0 fully saturated rings. The van der Waals surface area contributed by atoms with Gasteiger partial charge in [-0.3, -0.25) is 19.3 Å². The van der Waals surface area contributed by atoms with E-state index in [1.807, 2.05) is 31.2 Å². The molecule has 3 aromatic rings. The third-order valence-corrected chi connectivity index (χ3v) is 5.31. The van der Waals surface area contributed by atoms with E-state index in [2.05, 4.69) is 0 Å². The Morgan fingerprint density at radius 2 is 1.33 bits per heavy atom. The molecule has 3 amide bonds. The average molecular weight is 398 g/mol. The fourth-order valence-electron chi connectivity index (χ4n) is 3.58. The molecule has 0 aliphatic carbocycles. The third kappa shape index (κ3) is 3.74. The van der Waals surface area contributed by atoms with Crippen molar-refractivity contribution in [3.8, 4) is 0 Å². The SMILES string of the molecule is Cc1ccc(CN(C)C(=O)c2ccc(CN3C(=O)c4ccccc4C3=O)cc2)cc1. The maximum atomic E-state index is 12.7. The molecule has 0 saturated heterocycles. The Kier molecular flexibility index (Phi) is 5.19. The van der Waals surface area contributed by atoms with Crippen molar-refractivity contribution in [1.82, 2.24) is 9.80 Å². The van der Waals surface area contributed by atoms with Gasteiger partial charge in [0.1, 0.15) is 0 Å². The average Bonchev–Trinajstić information content (AvgIpc) is 3.00. The van der Waals surface area contributed by atoms with Gasteiger partial charge in [-0.2, -0.15) is 0 Å². The van der Waals surface area contributed by atoms with Crippen molar-refractivity contribution in [3.05, 3.63) is 106 Å². The van der Waals surface area contributed by atoms with E-state index in [1.165, 1.54) is 10.5 Å². The number of amides is 3. The lowest BCUT2D eigenvalue weighted by atomic mass is 10.1. The van der Waals surface area contributed by atoms with Crippen LogP contribution in [0.25, 0.3) is 0 Å². The zero-order chi connectivity index (χ0) is 21.3. The summed E-state index contributed by atoms with van der Waals surface area (Å²) in [6.07, 6.45) is 0. The minimum Gasteiger partial charge on any atom is -0.337 e. The van der Waals surface area contributed by atoms with Gasteiger partial charge in [-0.25, -0.2) is 0 Å². The zero-order valence-electron chi connectivity index (χ0n) is 17.0. The van der Waals surface area contributed by atoms with E-state index >= 15 is 0 Å². The van der Waals surface area contributed by atoms with Crippen molar-refractivity contribution in [1.29, 1.82) is 0 Å². The molecular formula is C25H22N2O3. The summed E-state index contributed by atoms with van der Waals surface area (Å²) in [4.78, 5) is 40.7. The first-order valence-electron chi connectivity index (χ1n) is 9.79. The van der Waals surface area contributed by atoms with Crippen LogP contribution < -0.4 is 0 Å². The normalized spacial score (nSPS) is 12.8. The number of aryl methyl sites for hydroxylation is 1. The van der Waals surface area contributed by atoms with Crippen molar-refractivity contribution in [2.24, 2.45) is 0 Å². The molecule has 150 valence electrons. The van der Waals surface area contributed by atoms with Crippen molar-refractivity contribution in [2.45, 2.75) is 20.0 Å². The number of fused-ring (bicyclic) bond motifs is 1. The van der Waals surface area contributed by atoms with Crippen LogP contribution in [-0.2, 0) is 13.1 Å². The Balaban J connectivity index is 1.43. The molecule has 0 unspecified atom stereocenters. The molecule has 0 aromatic heterocycles. The molecule has 5 nitrogen and oxygen atoms in total. The first-order valence-corrected chi connectivity index (χ1v) is 9.79. The maximum absolute atomic E-state index is 12.7. The first-order chi connectivity index (χ1) is 14.4. The highest BCUT2D eigenvalue weighted by molar-refractivity contribution is 6.21. The van der Waals surface area contributed by atoms with Gasteiger partial charge in [-0.1, -0.05) is 54.1 Å². The topological polar surface area (TPSA) is 57.7 Å². The second kappa shape index (κ2) is 7.95. The largest absolute Gasteiger partial charge is 0.337 e. The van der Waals surface area contributed by atoms with E-state index in [4.69, 9.17) is 0 Å². The van der Waals surface area contributed by atoms with Crippen LogP contribution in [0.2, 0.25) is 0 Å². The van der Waals surface area contributed by atoms with Crippen molar-refractivity contribution in [3.63, 3.8) is 0 Å². The monoisotopic (exact) mass is 398 g/mol. The lowest BCUT2D eigenvalue weighted by molar-refractivity contribution is 0.0641. The predicted octanol–water partition coefficient (Wildman–Crippen LogP) is 4.06. The van der Waals surface area contributed by atoms with Crippen molar-refractivity contribution < 1.29 is 14.4 Å². The van der Waals surface area contributed by atoms with Gasteiger partial charge in [0.2, 0.25) is 0 Å². The number of carbonyl (C=O) groups excluding carboxylic acids is 3. The van der Waals surface area contributed by atoms with Crippen LogP contribution in [0.5, 0.6) is 0 Å². The molecule has 0 N–H and O–H groups in total. The second-order valence-corrected chi connectivity index (χ2v) is 7.59. The fraction of sp³-hybridized carbons (Fsp3) is 0.160. The van der Waals surface area contributed by atoms with Crippen LogP contribution in [0, 0.1) is 6.92 Å². The molecule has 1 aliphatic heterocycles. The maximum Gasteiger partial charge on any atom is 0.261 e. The van der Waals surface area contributed by atoms with E-state index in [9.17, 15) is 14.4 Å². The van der Waals surface area contributed by atoms with E-state index in [-0.39, 0.29) is 24.3 Å². The van der Waals surface area contributed by atoms with Crippen LogP contribution in [0.15, 0.2) is 72.8 Å². The van der Waals surface area contributed by atoms with E-state index in [0.29, 0.717) is 23.2 Å². The number of hydrogen-bond acceptors (Lipinski definition) is 3. The molecular weight excluding hydrogens is 376 g/mol. The van der Waals surface area contributed by atoms with Crippen LogP contribution in [-0.4, -0.2) is 34.6 Å². The quantitative estimate of drug-likeness (QED) is 0.609. The summed E-state index contributed by atoms with van der Waals surface area (Å²) >= 11 is 0. The highest BCUT2D eigenvalue weighted by Crippen LogP contribution is 2.24. The second-order valence-electron chi connectivity index (χ2n) is 7.59. The molecule has 0 atom stereocenters. The molecule has 5 heteroatoms. The Hall–Kier alpha value is -3.73. The van der Waals surface area contributed by atoms with E-state index < -0.39 is 0 Å². The number of imide groups is 1. The molecule has 0 saturated carbocycles. The summed E-state index contributed by atoms with van der Waals surface area (Å²) in [6, 6.07) is 22.0. The first kappa shape index (κ1) is 19.6. The number of hydrogen-bond donors (Lipinski definition) is 0. The van der Waals surface area contributed by atoms with Crippen LogP contribution in [0.1, 0.15) is 47.8 Å². The van der Waals surface area contributed by atoms with E-state index in [1.54, 1.807) is 60.5 Å². The molecule has 4 rings (SSSR count). The molecule has 1 heterocycles. The summed E-state index contributed by atoms with van der Waals surface area (Å²) in [5.74, 6) is -0.648. The summed E-state index contributed by atoms with van der Waals surface area (Å²) < 4.78 is 0. The summed E-state index contributed by atoms with van der Waals surface area (Å²) in [5, 5.41) is 0. The minimum absolute atomic E-state index is 0.0807. The van der Waals surface area contributed by atoms with Gasteiger partial charge in [0.05, 0.1) is 17.7 Å². The molecule has 3 aromatic carbocycles. The van der Waals surface area contributed by atoms with Gasteiger partial charge < -0.3 is 4.90 Å². The molecule has 30 heavy (non-hydrogen) atoms. The van der Waals surface area contributed by atoms with Gasteiger partial charge in [0.15, 0.2) is 0 Å². The highest BCUT2D eigenvalue weighted by atomic mass is 16.2. The van der Waals surface area contributed by atoms with Crippen molar-refractivity contribution in [2.75, 3.05) is 7.05 Å². The molecule has 0 bridgehead atoms. The summed E-state index contributed by atoms with van der Waals surface area (Å²) in [7, 11) is 1.77. The van der Waals surface area contributed by atoms with Gasteiger partial charge in [-0.15, -0.1) is 0 Å². The predicted molar refractivity (Wildman–Crippen MR) is 114 cm³/mol. The Morgan fingerprint density at radius 1 is 0.800 bits per heavy atom. The molecule has 0 spiro atoms. The van der Waals surface area contributed by atoms with Crippen LogP contribution in [0.3, 0.4) is 0 Å². The zero-order valence-corrected chi connectivity index (χ0v) is 17.0.